The predicted molar refractivity (Wildman–Crippen MR) is 85.2 cm³/mol. The van der Waals surface area contributed by atoms with Gasteiger partial charge in [-0.25, -0.2) is 0 Å². The SMILES string of the molecule is COc1ccc(CNC(=O)c2cc(-c3ccc(C)o3)[nH]n2)cc1. The van der Waals surface area contributed by atoms with Crippen LogP contribution in [0.5, 0.6) is 5.75 Å². The van der Waals surface area contributed by atoms with Crippen LogP contribution in [0.15, 0.2) is 46.9 Å². The van der Waals surface area contributed by atoms with Crippen LogP contribution in [0.3, 0.4) is 0 Å². The molecule has 0 spiro atoms. The highest BCUT2D eigenvalue weighted by atomic mass is 16.5. The monoisotopic (exact) mass is 311 g/mol. The van der Waals surface area contributed by atoms with Gasteiger partial charge in [-0.1, -0.05) is 12.1 Å². The van der Waals surface area contributed by atoms with Crippen molar-refractivity contribution in [3.05, 3.63) is 59.5 Å². The van der Waals surface area contributed by atoms with E-state index in [0.29, 0.717) is 23.7 Å². The summed E-state index contributed by atoms with van der Waals surface area (Å²) in [7, 11) is 1.62. The molecule has 0 aliphatic carbocycles. The molecular formula is C17H17N3O3. The maximum absolute atomic E-state index is 12.1. The van der Waals surface area contributed by atoms with Crippen molar-refractivity contribution in [2.45, 2.75) is 13.5 Å². The number of aromatic amines is 1. The van der Waals surface area contributed by atoms with Gasteiger partial charge < -0.3 is 14.5 Å². The van der Waals surface area contributed by atoms with E-state index in [1.54, 1.807) is 13.2 Å². The Bertz CT molecular complexity index is 803. The first-order valence-corrected chi connectivity index (χ1v) is 7.19. The van der Waals surface area contributed by atoms with E-state index >= 15 is 0 Å². The van der Waals surface area contributed by atoms with E-state index in [-0.39, 0.29) is 5.91 Å². The zero-order chi connectivity index (χ0) is 16.2. The van der Waals surface area contributed by atoms with Gasteiger partial charge in [-0.15, -0.1) is 0 Å². The number of aromatic nitrogens is 2. The number of rotatable bonds is 5. The summed E-state index contributed by atoms with van der Waals surface area (Å²) in [6.07, 6.45) is 0. The third-order valence-corrected chi connectivity index (χ3v) is 3.43. The number of ether oxygens (including phenoxy) is 1. The van der Waals surface area contributed by atoms with Crippen molar-refractivity contribution < 1.29 is 13.9 Å². The van der Waals surface area contributed by atoms with E-state index in [1.165, 1.54) is 0 Å². The van der Waals surface area contributed by atoms with Gasteiger partial charge in [0.05, 0.1) is 7.11 Å². The number of methoxy groups -OCH3 is 1. The molecule has 0 fully saturated rings. The summed E-state index contributed by atoms with van der Waals surface area (Å²) in [5.41, 5.74) is 1.98. The number of aryl methyl sites for hydroxylation is 1. The summed E-state index contributed by atoms with van der Waals surface area (Å²) in [5, 5.41) is 9.66. The van der Waals surface area contributed by atoms with E-state index in [0.717, 1.165) is 17.1 Å². The maximum Gasteiger partial charge on any atom is 0.272 e. The standard InChI is InChI=1S/C17H17N3O3/c1-11-3-8-16(23-11)14-9-15(20-19-14)17(21)18-10-12-4-6-13(22-2)7-5-12/h3-9H,10H2,1-2H3,(H,18,21)(H,19,20). The number of hydrogen-bond donors (Lipinski definition) is 2. The van der Waals surface area contributed by atoms with Crippen molar-refractivity contribution in [1.29, 1.82) is 0 Å². The summed E-state index contributed by atoms with van der Waals surface area (Å²) < 4.78 is 10.6. The number of nitrogens with one attached hydrogen (secondary N) is 2. The number of benzene rings is 1. The van der Waals surface area contributed by atoms with Crippen LogP contribution < -0.4 is 10.1 Å². The zero-order valence-electron chi connectivity index (χ0n) is 12.9. The number of carbonyl (C=O) groups excluding carboxylic acids is 1. The number of hydrogen-bond acceptors (Lipinski definition) is 4. The summed E-state index contributed by atoms with van der Waals surface area (Å²) in [4.78, 5) is 12.1. The van der Waals surface area contributed by atoms with Crippen LogP contribution in [-0.4, -0.2) is 23.2 Å². The number of H-pyrrole nitrogens is 1. The van der Waals surface area contributed by atoms with Crippen molar-refractivity contribution in [3.8, 4) is 17.2 Å². The highest BCUT2D eigenvalue weighted by molar-refractivity contribution is 5.93. The topological polar surface area (TPSA) is 80.1 Å². The molecule has 0 atom stereocenters. The second-order valence-electron chi connectivity index (χ2n) is 5.11. The molecule has 0 aliphatic rings. The molecule has 2 aromatic heterocycles. The van der Waals surface area contributed by atoms with Crippen LogP contribution in [0, 0.1) is 6.92 Å². The quantitative estimate of drug-likeness (QED) is 0.759. The first kappa shape index (κ1) is 14.9. The lowest BCUT2D eigenvalue weighted by atomic mass is 10.2. The molecule has 0 aliphatic heterocycles. The van der Waals surface area contributed by atoms with Gasteiger partial charge in [0.25, 0.3) is 5.91 Å². The minimum absolute atomic E-state index is 0.244. The first-order valence-electron chi connectivity index (χ1n) is 7.19. The largest absolute Gasteiger partial charge is 0.497 e. The van der Waals surface area contributed by atoms with Crippen molar-refractivity contribution in [2.75, 3.05) is 7.11 Å². The Morgan fingerprint density at radius 2 is 2.04 bits per heavy atom. The maximum atomic E-state index is 12.1. The summed E-state index contributed by atoms with van der Waals surface area (Å²) in [6.45, 7) is 2.28. The third kappa shape index (κ3) is 3.42. The van der Waals surface area contributed by atoms with Crippen LogP contribution in [0.4, 0.5) is 0 Å². The highest BCUT2D eigenvalue weighted by Gasteiger charge is 2.13. The van der Waals surface area contributed by atoms with Gasteiger partial charge >= 0.3 is 0 Å². The molecule has 3 rings (SSSR count). The van der Waals surface area contributed by atoms with E-state index < -0.39 is 0 Å². The molecule has 6 nitrogen and oxygen atoms in total. The number of amides is 1. The lowest BCUT2D eigenvalue weighted by molar-refractivity contribution is 0.0946. The second-order valence-corrected chi connectivity index (χ2v) is 5.11. The van der Waals surface area contributed by atoms with E-state index in [2.05, 4.69) is 15.5 Å². The van der Waals surface area contributed by atoms with E-state index in [1.807, 2.05) is 43.3 Å². The lowest BCUT2D eigenvalue weighted by Crippen LogP contribution is -2.23. The Kier molecular flexibility index (Phi) is 4.14. The molecule has 3 aromatic rings. The minimum atomic E-state index is -0.244. The van der Waals surface area contributed by atoms with Gasteiger partial charge in [0.1, 0.15) is 17.2 Å². The smallest absolute Gasteiger partial charge is 0.272 e. The molecule has 0 unspecified atom stereocenters. The van der Waals surface area contributed by atoms with Crippen molar-refractivity contribution >= 4 is 5.91 Å². The van der Waals surface area contributed by atoms with Crippen LogP contribution in [0.1, 0.15) is 21.8 Å². The molecule has 1 amide bonds. The Morgan fingerprint density at radius 3 is 2.70 bits per heavy atom. The zero-order valence-corrected chi connectivity index (χ0v) is 12.9. The Hall–Kier alpha value is -3.02. The van der Waals surface area contributed by atoms with Gasteiger partial charge in [-0.05, 0) is 36.8 Å². The van der Waals surface area contributed by atoms with E-state index in [4.69, 9.17) is 9.15 Å². The van der Waals surface area contributed by atoms with E-state index in [9.17, 15) is 4.79 Å². The van der Waals surface area contributed by atoms with Gasteiger partial charge in [0.2, 0.25) is 0 Å². The molecule has 6 heteroatoms. The number of carbonyl (C=O) groups is 1. The number of nitrogens with zero attached hydrogens (tertiary/aromatic N) is 1. The molecule has 118 valence electrons. The Labute approximate surface area is 133 Å². The van der Waals surface area contributed by atoms with Crippen molar-refractivity contribution in [3.63, 3.8) is 0 Å². The summed E-state index contributed by atoms with van der Waals surface area (Å²) in [5.74, 6) is 2.00. The van der Waals surface area contributed by atoms with Crippen molar-refractivity contribution in [1.82, 2.24) is 15.5 Å². The van der Waals surface area contributed by atoms with Crippen LogP contribution in [0.25, 0.3) is 11.5 Å². The van der Waals surface area contributed by atoms with Crippen LogP contribution in [0.2, 0.25) is 0 Å². The molecular weight excluding hydrogens is 294 g/mol. The van der Waals surface area contributed by atoms with Gasteiger partial charge in [0, 0.05) is 12.6 Å². The van der Waals surface area contributed by atoms with Crippen LogP contribution >= 0.6 is 0 Å². The predicted octanol–water partition coefficient (Wildman–Crippen LogP) is 2.92. The fraction of sp³-hybridized carbons (Fsp3) is 0.176. The Balaban J connectivity index is 1.63. The lowest BCUT2D eigenvalue weighted by Gasteiger charge is -2.04. The van der Waals surface area contributed by atoms with Gasteiger partial charge in [-0.2, -0.15) is 5.10 Å². The van der Waals surface area contributed by atoms with Crippen LogP contribution in [-0.2, 0) is 6.54 Å². The molecule has 2 N–H and O–H groups in total. The average molecular weight is 311 g/mol. The Morgan fingerprint density at radius 1 is 1.26 bits per heavy atom. The second kappa shape index (κ2) is 6.39. The molecule has 2 heterocycles. The first-order chi connectivity index (χ1) is 11.2. The summed E-state index contributed by atoms with van der Waals surface area (Å²) >= 11 is 0. The molecule has 0 bridgehead atoms. The fourth-order valence-corrected chi connectivity index (χ4v) is 2.16. The fourth-order valence-electron chi connectivity index (χ4n) is 2.16. The number of furan rings is 1. The molecule has 0 saturated heterocycles. The average Bonchev–Trinajstić information content (AvgIpc) is 3.22. The normalized spacial score (nSPS) is 10.5. The molecule has 0 saturated carbocycles. The minimum Gasteiger partial charge on any atom is -0.497 e. The molecule has 23 heavy (non-hydrogen) atoms. The third-order valence-electron chi connectivity index (χ3n) is 3.43. The summed E-state index contributed by atoms with van der Waals surface area (Å²) in [6, 6.07) is 12.9. The van der Waals surface area contributed by atoms with Gasteiger partial charge in [0.15, 0.2) is 11.5 Å². The highest BCUT2D eigenvalue weighted by Crippen LogP contribution is 2.20. The van der Waals surface area contributed by atoms with Gasteiger partial charge in [-0.3, -0.25) is 9.89 Å². The van der Waals surface area contributed by atoms with Crippen molar-refractivity contribution in [2.24, 2.45) is 0 Å². The molecule has 0 radical (unpaired) electrons. The molecule has 1 aromatic carbocycles.